The first-order chi connectivity index (χ1) is 9.30. The highest BCUT2D eigenvalue weighted by Crippen LogP contribution is 2.24. The molecule has 0 aliphatic heterocycles. The molecular formula is C13H14N2O3S2. The Morgan fingerprint density at radius 1 is 1.25 bits per heavy atom. The second-order valence-electron chi connectivity index (χ2n) is 4.36. The third-order valence-electron chi connectivity index (χ3n) is 2.91. The molecule has 0 radical (unpaired) electrons. The quantitative estimate of drug-likeness (QED) is 0.911. The van der Waals surface area contributed by atoms with Crippen molar-refractivity contribution in [3.63, 3.8) is 0 Å². The van der Waals surface area contributed by atoms with Gasteiger partial charge in [0.05, 0.1) is 9.77 Å². The van der Waals surface area contributed by atoms with E-state index in [1.54, 1.807) is 19.1 Å². The number of nitrogens with one attached hydrogen (secondary N) is 1. The molecular weight excluding hydrogens is 296 g/mol. The van der Waals surface area contributed by atoms with Crippen molar-refractivity contribution in [2.75, 3.05) is 5.32 Å². The molecule has 0 aliphatic carbocycles. The van der Waals surface area contributed by atoms with Crippen molar-refractivity contribution in [2.24, 2.45) is 5.14 Å². The van der Waals surface area contributed by atoms with Gasteiger partial charge in [-0.3, -0.25) is 4.79 Å². The van der Waals surface area contributed by atoms with Crippen LogP contribution in [-0.4, -0.2) is 14.3 Å². The highest BCUT2D eigenvalue weighted by Gasteiger charge is 2.16. The molecule has 0 spiro atoms. The van der Waals surface area contributed by atoms with Crippen molar-refractivity contribution >= 4 is 33.0 Å². The maximum atomic E-state index is 12.1. The van der Waals surface area contributed by atoms with Crippen LogP contribution in [0.2, 0.25) is 0 Å². The highest BCUT2D eigenvalue weighted by molar-refractivity contribution is 7.89. The number of sulfonamides is 1. The van der Waals surface area contributed by atoms with Crippen LogP contribution in [0.25, 0.3) is 0 Å². The van der Waals surface area contributed by atoms with Crippen LogP contribution in [0.15, 0.2) is 34.5 Å². The van der Waals surface area contributed by atoms with Crippen molar-refractivity contribution in [1.29, 1.82) is 0 Å². The first-order valence-corrected chi connectivity index (χ1v) is 8.21. The Hall–Kier alpha value is -1.70. The number of primary sulfonamides is 1. The standard InChI is InChI=1S/C13H14N2O3S2/c1-8-6-7-19-12(8)13(16)15-10-4-3-5-11(9(10)2)20(14,17)18/h3-7H,1-2H3,(H,15,16)(H2,14,17,18). The number of amides is 1. The van der Waals surface area contributed by atoms with Crippen molar-refractivity contribution in [1.82, 2.24) is 0 Å². The fourth-order valence-electron chi connectivity index (χ4n) is 1.84. The summed E-state index contributed by atoms with van der Waals surface area (Å²) in [6.07, 6.45) is 0. The molecule has 1 aromatic carbocycles. The third-order valence-corrected chi connectivity index (χ3v) is 4.98. The molecule has 3 N–H and O–H groups in total. The van der Waals surface area contributed by atoms with Crippen molar-refractivity contribution in [3.8, 4) is 0 Å². The Balaban J connectivity index is 2.36. The van der Waals surface area contributed by atoms with Gasteiger partial charge in [-0.1, -0.05) is 6.07 Å². The smallest absolute Gasteiger partial charge is 0.266 e. The normalized spacial score (nSPS) is 11.3. The van der Waals surface area contributed by atoms with Crippen LogP contribution in [-0.2, 0) is 10.0 Å². The average Bonchev–Trinajstić information content (AvgIpc) is 2.76. The summed E-state index contributed by atoms with van der Waals surface area (Å²) in [6, 6.07) is 6.46. The average molecular weight is 310 g/mol. The summed E-state index contributed by atoms with van der Waals surface area (Å²) in [6.45, 7) is 3.45. The molecule has 0 bridgehead atoms. The molecule has 0 saturated carbocycles. The van der Waals surface area contributed by atoms with Gasteiger partial charge in [0.1, 0.15) is 0 Å². The molecule has 1 heterocycles. The lowest BCUT2D eigenvalue weighted by Gasteiger charge is -2.11. The summed E-state index contributed by atoms with van der Waals surface area (Å²) in [5.41, 5.74) is 1.75. The number of rotatable bonds is 3. The van der Waals surface area contributed by atoms with E-state index >= 15 is 0 Å². The van der Waals surface area contributed by atoms with Gasteiger partial charge in [0, 0.05) is 5.69 Å². The number of hydrogen-bond acceptors (Lipinski definition) is 4. The highest BCUT2D eigenvalue weighted by atomic mass is 32.2. The van der Waals surface area contributed by atoms with E-state index in [4.69, 9.17) is 5.14 Å². The van der Waals surface area contributed by atoms with Gasteiger partial charge in [0.2, 0.25) is 10.0 Å². The van der Waals surface area contributed by atoms with E-state index in [-0.39, 0.29) is 10.8 Å². The minimum atomic E-state index is -3.80. The molecule has 1 amide bonds. The van der Waals surface area contributed by atoms with Crippen LogP contribution in [0.5, 0.6) is 0 Å². The zero-order chi connectivity index (χ0) is 14.9. The van der Waals surface area contributed by atoms with Gasteiger partial charge in [-0.15, -0.1) is 11.3 Å². The van der Waals surface area contributed by atoms with Gasteiger partial charge >= 0.3 is 0 Å². The Bertz CT molecular complexity index is 764. The maximum absolute atomic E-state index is 12.1. The fraction of sp³-hybridized carbons (Fsp3) is 0.154. The molecule has 0 unspecified atom stereocenters. The Kier molecular flexibility index (Phi) is 3.94. The van der Waals surface area contributed by atoms with E-state index in [0.717, 1.165) is 5.56 Å². The largest absolute Gasteiger partial charge is 0.321 e. The number of aryl methyl sites for hydroxylation is 1. The van der Waals surface area contributed by atoms with Crippen molar-refractivity contribution < 1.29 is 13.2 Å². The number of nitrogens with two attached hydrogens (primary N) is 1. The van der Waals surface area contributed by atoms with E-state index < -0.39 is 10.0 Å². The van der Waals surface area contributed by atoms with Crippen LogP contribution in [0.3, 0.4) is 0 Å². The second kappa shape index (κ2) is 5.35. The Labute approximate surface area is 121 Å². The lowest BCUT2D eigenvalue weighted by molar-refractivity contribution is 0.103. The molecule has 106 valence electrons. The predicted molar refractivity (Wildman–Crippen MR) is 79.6 cm³/mol. The monoisotopic (exact) mass is 310 g/mol. The third kappa shape index (κ3) is 2.90. The molecule has 2 aromatic rings. The van der Waals surface area contributed by atoms with Gasteiger partial charge in [0.25, 0.3) is 5.91 Å². The molecule has 0 aliphatic rings. The van der Waals surface area contributed by atoms with Crippen LogP contribution in [0, 0.1) is 13.8 Å². The summed E-state index contributed by atoms with van der Waals surface area (Å²) >= 11 is 1.34. The maximum Gasteiger partial charge on any atom is 0.266 e. The van der Waals surface area contributed by atoms with Crippen LogP contribution in [0.4, 0.5) is 5.69 Å². The lowest BCUT2D eigenvalue weighted by Crippen LogP contribution is -2.16. The van der Waals surface area contributed by atoms with E-state index in [0.29, 0.717) is 16.1 Å². The van der Waals surface area contributed by atoms with Gasteiger partial charge in [-0.05, 0) is 48.6 Å². The van der Waals surface area contributed by atoms with Crippen molar-refractivity contribution in [2.45, 2.75) is 18.7 Å². The van der Waals surface area contributed by atoms with E-state index in [2.05, 4.69) is 5.32 Å². The SMILES string of the molecule is Cc1ccsc1C(=O)Nc1cccc(S(N)(=O)=O)c1C. The first-order valence-electron chi connectivity index (χ1n) is 5.78. The topological polar surface area (TPSA) is 89.3 Å². The van der Waals surface area contributed by atoms with Crippen molar-refractivity contribution in [3.05, 3.63) is 45.6 Å². The first kappa shape index (κ1) is 14.7. The van der Waals surface area contributed by atoms with Gasteiger partial charge in [0.15, 0.2) is 0 Å². The van der Waals surface area contributed by atoms with E-state index in [1.165, 1.54) is 17.4 Å². The predicted octanol–water partition coefficient (Wildman–Crippen LogP) is 2.26. The molecule has 20 heavy (non-hydrogen) atoms. The fourth-order valence-corrected chi connectivity index (χ4v) is 3.47. The minimum absolute atomic E-state index is 0.0122. The summed E-state index contributed by atoms with van der Waals surface area (Å²) < 4.78 is 22.9. The Morgan fingerprint density at radius 3 is 2.50 bits per heavy atom. The molecule has 0 fully saturated rings. The molecule has 7 heteroatoms. The Morgan fingerprint density at radius 2 is 1.95 bits per heavy atom. The number of hydrogen-bond donors (Lipinski definition) is 2. The van der Waals surface area contributed by atoms with E-state index in [9.17, 15) is 13.2 Å². The zero-order valence-electron chi connectivity index (χ0n) is 11.0. The minimum Gasteiger partial charge on any atom is -0.321 e. The number of carbonyl (C=O) groups excluding carboxylic acids is 1. The van der Waals surface area contributed by atoms with Crippen LogP contribution in [0.1, 0.15) is 20.8 Å². The van der Waals surface area contributed by atoms with Gasteiger partial charge in [-0.25, -0.2) is 13.6 Å². The summed E-state index contributed by atoms with van der Waals surface area (Å²) in [4.78, 5) is 12.7. The molecule has 2 rings (SSSR count). The molecule has 1 aromatic heterocycles. The number of carbonyl (C=O) groups is 1. The number of anilines is 1. The van der Waals surface area contributed by atoms with Crippen LogP contribution < -0.4 is 10.5 Å². The van der Waals surface area contributed by atoms with Crippen LogP contribution >= 0.6 is 11.3 Å². The summed E-state index contributed by atoms with van der Waals surface area (Å²) in [7, 11) is -3.80. The second-order valence-corrected chi connectivity index (χ2v) is 6.81. The molecule has 5 nitrogen and oxygen atoms in total. The number of thiophene rings is 1. The van der Waals surface area contributed by atoms with Gasteiger partial charge in [-0.2, -0.15) is 0 Å². The molecule has 0 atom stereocenters. The lowest BCUT2D eigenvalue weighted by atomic mass is 10.2. The van der Waals surface area contributed by atoms with E-state index in [1.807, 2.05) is 18.4 Å². The zero-order valence-corrected chi connectivity index (χ0v) is 12.6. The van der Waals surface area contributed by atoms with Gasteiger partial charge < -0.3 is 5.32 Å². The number of benzene rings is 1. The molecule has 0 saturated heterocycles. The summed E-state index contributed by atoms with van der Waals surface area (Å²) in [5.74, 6) is -0.257. The summed E-state index contributed by atoms with van der Waals surface area (Å²) in [5, 5.41) is 9.69.